The van der Waals surface area contributed by atoms with E-state index >= 15 is 0 Å². The van der Waals surface area contributed by atoms with E-state index in [1.165, 1.54) is 34.3 Å². The smallest absolute Gasteiger partial charge is 0.0527 e. The SMILES string of the molecule is CCCC(=NC(C)(C)C)c1ccc2c(c1)cc1n2CCC1C. The van der Waals surface area contributed by atoms with Gasteiger partial charge < -0.3 is 4.57 Å². The van der Waals surface area contributed by atoms with Crippen LogP contribution in [0.3, 0.4) is 0 Å². The summed E-state index contributed by atoms with van der Waals surface area (Å²) in [6.45, 7) is 12.3. The second-order valence-corrected chi connectivity index (χ2v) is 7.66. The Kier molecular flexibility index (Phi) is 3.88. The van der Waals surface area contributed by atoms with Crippen LogP contribution in [0.4, 0.5) is 0 Å². The van der Waals surface area contributed by atoms with Gasteiger partial charge in [-0.1, -0.05) is 26.3 Å². The van der Waals surface area contributed by atoms with Crippen molar-refractivity contribution in [2.24, 2.45) is 4.99 Å². The fourth-order valence-corrected chi connectivity index (χ4v) is 3.51. The van der Waals surface area contributed by atoms with Crippen molar-refractivity contribution >= 4 is 16.6 Å². The molecule has 0 aliphatic carbocycles. The van der Waals surface area contributed by atoms with Gasteiger partial charge in [-0.05, 0) is 63.3 Å². The topological polar surface area (TPSA) is 17.3 Å². The number of aromatic nitrogens is 1. The molecule has 1 atom stereocenters. The van der Waals surface area contributed by atoms with Crippen LogP contribution in [0.5, 0.6) is 0 Å². The van der Waals surface area contributed by atoms with E-state index < -0.39 is 0 Å². The minimum absolute atomic E-state index is 0.0174. The van der Waals surface area contributed by atoms with Gasteiger partial charge in [0.05, 0.1) is 5.54 Å². The molecule has 2 aromatic rings. The predicted molar refractivity (Wildman–Crippen MR) is 96.2 cm³/mol. The Morgan fingerprint density at radius 3 is 2.73 bits per heavy atom. The molecular formula is C20H28N2. The van der Waals surface area contributed by atoms with Crippen molar-refractivity contribution in [2.45, 2.75) is 71.9 Å². The largest absolute Gasteiger partial charge is 0.344 e. The molecule has 2 heterocycles. The Hall–Kier alpha value is -1.57. The van der Waals surface area contributed by atoms with Gasteiger partial charge in [-0.15, -0.1) is 0 Å². The zero-order valence-corrected chi connectivity index (χ0v) is 14.6. The first-order chi connectivity index (χ1) is 10.4. The number of aliphatic imine (C=N–C) groups is 1. The van der Waals surface area contributed by atoms with Crippen LogP contribution in [0.15, 0.2) is 29.3 Å². The van der Waals surface area contributed by atoms with Crippen LogP contribution >= 0.6 is 0 Å². The van der Waals surface area contributed by atoms with Crippen LogP contribution in [0, 0.1) is 0 Å². The molecule has 1 aromatic heterocycles. The molecule has 2 heteroatoms. The summed E-state index contributed by atoms with van der Waals surface area (Å²) in [6.07, 6.45) is 3.46. The average Bonchev–Trinajstić information content (AvgIpc) is 2.96. The van der Waals surface area contributed by atoms with Crippen LogP contribution in [-0.4, -0.2) is 15.8 Å². The van der Waals surface area contributed by atoms with Crippen molar-refractivity contribution in [1.82, 2.24) is 4.57 Å². The van der Waals surface area contributed by atoms with E-state index in [1.54, 1.807) is 0 Å². The predicted octanol–water partition coefficient (Wildman–Crippen LogP) is 5.54. The zero-order valence-electron chi connectivity index (χ0n) is 14.6. The van der Waals surface area contributed by atoms with E-state index in [9.17, 15) is 0 Å². The van der Waals surface area contributed by atoms with E-state index in [1.807, 2.05) is 0 Å². The minimum atomic E-state index is -0.0174. The Morgan fingerprint density at radius 2 is 2.05 bits per heavy atom. The van der Waals surface area contributed by atoms with Crippen molar-refractivity contribution < 1.29 is 0 Å². The molecule has 2 nitrogen and oxygen atoms in total. The van der Waals surface area contributed by atoms with Crippen LogP contribution < -0.4 is 0 Å². The highest BCUT2D eigenvalue weighted by Crippen LogP contribution is 2.34. The molecule has 0 amide bonds. The van der Waals surface area contributed by atoms with Gasteiger partial charge in [0.25, 0.3) is 0 Å². The van der Waals surface area contributed by atoms with Gasteiger partial charge in [-0.25, -0.2) is 0 Å². The van der Waals surface area contributed by atoms with Gasteiger partial charge in [0.1, 0.15) is 0 Å². The Labute approximate surface area is 134 Å². The molecule has 1 unspecified atom stereocenters. The maximum atomic E-state index is 4.96. The summed E-state index contributed by atoms with van der Waals surface area (Å²) in [5, 5.41) is 1.37. The normalized spacial score (nSPS) is 19.0. The Balaban J connectivity index is 2.06. The Morgan fingerprint density at radius 1 is 1.27 bits per heavy atom. The standard InChI is InChI=1S/C20H28N2/c1-6-7-17(21-20(3,4)5)15-8-9-18-16(12-15)13-19-14(2)10-11-22(18)19/h8-9,12-14H,6-7,10-11H2,1-5H3. The molecule has 0 radical (unpaired) electrons. The number of hydrogen-bond donors (Lipinski definition) is 0. The van der Waals surface area contributed by atoms with Gasteiger partial charge in [0.2, 0.25) is 0 Å². The van der Waals surface area contributed by atoms with E-state index in [0.717, 1.165) is 19.4 Å². The first-order valence-electron chi connectivity index (χ1n) is 8.61. The van der Waals surface area contributed by atoms with Crippen LogP contribution in [0.2, 0.25) is 0 Å². The van der Waals surface area contributed by atoms with E-state index in [-0.39, 0.29) is 5.54 Å². The lowest BCUT2D eigenvalue weighted by molar-refractivity contribution is 0.581. The van der Waals surface area contributed by atoms with Crippen molar-refractivity contribution in [3.8, 4) is 0 Å². The third-order valence-corrected chi connectivity index (χ3v) is 4.51. The molecule has 0 N–H and O–H groups in total. The van der Waals surface area contributed by atoms with Gasteiger partial charge in [-0.3, -0.25) is 4.99 Å². The number of benzene rings is 1. The summed E-state index contributed by atoms with van der Waals surface area (Å²) in [4.78, 5) is 4.96. The maximum absolute atomic E-state index is 4.96. The van der Waals surface area contributed by atoms with Gasteiger partial charge in [0.15, 0.2) is 0 Å². The third kappa shape index (κ3) is 2.84. The number of aryl methyl sites for hydroxylation is 1. The second-order valence-electron chi connectivity index (χ2n) is 7.66. The molecule has 118 valence electrons. The molecule has 22 heavy (non-hydrogen) atoms. The minimum Gasteiger partial charge on any atom is -0.344 e. The van der Waals surface area contributed by atoms with E-state index in [0.29, 0.717) is 5.92 Å². The number of rotatable bonds is 3. The molecular weight excluding hydrogens is 268 g/mol. The van der Waals surface area contributed by atoms with E-state index in [2.05, 4.69) is 63.5 Å². The lowest BCUT2D eigenvalue weighted by Gasteiger charge is -2.16. The molecule has 1 aromatic carbocycles. The first kappa shape index (κ1) is 15.3. The second kappa shape index (κ2) is 5.57. The first-order valence-corrected chi connectivity index (χ1v) is 8.61. The summed E-state index contributed by atoms with van der Waals surface area (Å²) in [6, 6.07) is 9.28. The molecule has 0 spiro atoms. The van der Waals surface area contributed by atoms with Crippen molar-refractivity contribution in [3.05, 3.63) is 35.5 Å². The summed E-state index contributed by atoms with van der Waals surface area (Å²) < 4.78 is 2.49. The summed E-state index contributed by atoms with van der Waals surface area (Å²) in [5.74, 6) is 0.689. The molecule has 0 saturated heterocycles. The van der Waals surface area contributed by atoms with Gasteiger partial charge in [-0.2, -0.15) is 0 Å². The molecule has 0 bridgehead atoms. The summed E-state index contributed by atoms with van der Waals surface area (Å²) in [5.41, 5.74) is 5.40. The number of hydrogen-bond acceptors (Lipinski definition) is 1. The molecule has 1 aliphatic heterocycles. The monoisotopic (exact) mass is 296 g/mol. The van der Waals surface area contributed by atoms with E-state index in [4.69, 9.17) is 4.99 Å². The van der Waals surface area contributed by atoms with Crippen molar-refractivity contribution in [3.63, 3.8) is 0 Å². The van der Waals surface area contributed by atoms with Crippen LogP contribution in [0.25, 0.3) is 10.9 Å². The van der Waals surface area contributed by atoms with Crippen LogP contribution in [-0.2, 0) is 6.54 Å². The third-order valence-electron chi connectivity index (χ3n) is 4.51. The van der Waals surface area contributed by atoms with Crippen molar-refractivity contribution in [2.75, 3.05) is 0 Å². The van der Waals surface area contributed by atoms with Gasteiger partial charge in [0, 0.05) is 28.9 Å². The zero-order chi connectivity index (χ0) is 15.9. The summed E-state index contributed by atoms with van der Waals surface area (Å²) >= 11 is 0. The fourth-order valence-electron chi connectivity index (χ4n) is 3.51. The Bertz CT molecular complexity index is 713. The molecule has 0 fully saturated rings. The highest BCUT2D eigenvalue weighted by molar-refractivity contribution is 6.03. The summed E-state index contributed by atoms with van der Waals surface area (Å²) in [7, 11) is 0. The maximum Gasteiger partial charge on any atom is 0.0527 e. The molecule has 3 rings (SSSR count). The lowest BCUT2D eigenvalue weighted by Crippen LogP contribution is -2.15. The van der Waals surface area contributed by atoms with Crippen LogP contribution in [0.1, 0.15) is 71.1 Å². The number of nitrogens with zero attached hydrogens (tertiary/aromatic N) is 2. The lowest BCUT2D eigenvalue weighted by atomic mass is 10.0. The quantitative estimate of drug-likeness (QED) is 0.662. The van der Waals surface area contributed by atoms with Gasteiger partial charge >= 0.3 is 0 Å². The van der Waals surface area contributed by atoms with Crippen molar-refractivity contribution in [1.29, 1.82) is 0 Å². The molecule has 1 aliphatic rings. The highest BCUT2D eigenvalue weighted by atomic mass is 15.0. The number of fused-ring (bicyclic) bond motifs is 3. The fraction of sp³-hybridized carbons (Fsp3) is 0.550. The average molecular weight is 296 g/mol. The molecule has 0 saturated carbocycles. The highest BCUT2D eigenvalue weighted by Gasteiger charge is 2.21.